The van der Waals surface area contributed by atoms with E-state index in [9.17, 15) is 0 Å². The molecule has 0 bridgehead atoms. The lowest BCUT2D eigenvalue weighted by atomic mass is 10.5. The maximum absolute atomic E-state index is 5.41. The Morgan fingerprint density at radius 1 is 1.27 bits per heavy atom. The van der Waals surface area contributed by atoms with Crippen LogP contribution >= 0.6 is 0 Å². The molecule has 0 saturated carbocycles. The Hall–Kier alpha value is -0.123. The van der Waals surface area contributed by atoms with Crippen LogP contribution in [0.2, 0.25) is 13.1 Å². The Morgan fingerprint density at radius 2 is 2.00 bits per heavy atom. The predicted octanol–water partition coefficient (Wildman–Crippen LogP) is 1.58. The quantitative estimate of drug-likeness (QED) is 0.331. The summed E-state index contributed by atoms with van der Waals surface area (Å²) in [6.07, 6.45) is 2.79. The lowest BCUT2D eigenvalue weighted by molar-refractivity contribution is 0.104. The molecule has 0 fully saturated rings. The summed E-state index contributed by atoms with van der Waals surface area (Å²) in [4.78, 5) is 0. The monoisotopic (exact) mass is 174 g/mol. The highest BCUT2D eigenvalue weighted by molar-refractivity contribution is 6.48. The summed E-state index contributed by atoms with van der Waals surface area (Å²) in [5.41, 5.74) is 0. The molecule has 0 aliphatic carbocycles. The molecule has 0 aromatic rings. The molecule has 0 N–H and O–H groups in total. The van der Waals surface area contributed by atoms with Gasteiger partial charge >= 0.3 is 0 Å². The van der Waals surface area contributed by atoms with Gasteiger partial charge in [0, 0.05) is 0 Å². The first-order valence-corrected chi connectivity index (χ1v) is 6.85. The SMILES string of the molecule is C=CCCOCCO[SiH](C)C. The zero-order valence-corrected chi connectivity index (χ0v) is 8.66. The van der Waals surface area contributed by atoms with E-state index >= 15 is 0 Å². The van der Waals surface area contributed by atoms with Crippen LogP contribution in [0.15, 0.2) is 12.7 Å². The van der Waals surface area contributed by atoms with Gasteiger partial charge in [0.1, 0.15) is 0 Å². The van der Waals surface area contributed by atoms with Crippen molar-refractivity contribution in [1.82, 2.24) is 0 Å². The molecule has 0 spiro atoms. The van der Waals surface area contributed by atoms with Crippen LogP contribution in [0.3, 0.4) is 0 Å². The normalized spacial score (nSPS) is 10.5. The molecular formula is C8H18O2Si. The first kappa shape index (κ1) is 10.9. The minimum absolute atomic E-state index is 0.721. The van der Waals surface area contributed by atoms with E-state index in [0.29, 0.717) is 0 Å². The van der Waals surface area contributed by atoms with Crippen LogP contribution in [0.1, 0.15) is 6.42 Å². The van der Waals surface area contributed by atoms with Gasteiger partial charge in [0.15, 0.2) is 9.04 Å². The molecule has 66 valence electrons. The lowest BCUT2D eigenvalue weighted by Gasteiger charge is -2.06. The zero-order valence-electron chi connectivity index (χ0n) is 7.51. The van der Waals surface area contributed by atoms with Gasteiger partial charge in [0.25, 0.3) is 0 Å². The van der Waals surface area contributed by atoms with Crippen LogP contribution in [0, 0.1) is 0 Å². The fraction of sp³-hybridized carbons (Fsp3) is 0.750. The molecule has 2 nitrogen and oxygen atoms in total. The van der Waals surface area contributed by atoms with Crippen molar-refractivity contribution in [3.8, 4) is 0 Å². The van der Waals surface area contributed by atoms with Gasteiger partial charge in [-0.05, 0) is 19.5 Å². The smallest absolute Gasteiger partial charge is 0.171 e. The van der Waals surface area contributed by atoms with Gasteiger partial charge in [-0.2, -0.15) is 0 Å². The van der Waals surface area contributed by atoms with Crippen molar-refractivity contribution >= 4 is 9.04 Å². The summed E-state index contributed by atoms with van der Waals surface area (Å²) in [5.74, 6) is 0. The van der Waals surface area contributed by atoms with Crippen molar-refractivity contribution in [1.29, 1.82) is 0 Å². The maximum atomic E-state index is 5.41. The summed E-state index contributed by atoms with van der Waals surface area (Å²) in [6, 6.07) is 0. The highest BCUT2D eigenvalue weighted by Crippen LogP contribution is 1.86. The van der Waals surface area contributed by atoms with E-state index in [2.05, 4.69) is 19.7 Å². The minimum atomic E-state index is -0.829. The van der Waals surface area contributed by atoms with Crippen LogP contribution < -0.4 is 0 Å². The number of hydrogen-bond donors (Lipinski definition) is 0. The first-order chi connectivity index (χ1) is 5.27. The molecule has 0 aromatic carbocycles. The van der Waals surface area contributed by atoms with Crippen LogP contribution in [0.5, 0.6) is 0 Å². The third-order valence-electron chi connectivity index (χ3n) is 1.15. The highest BCUT2D eigenvalue weighted by atomic mass is 28.3. The Bertz CT molecular complexity index is 94.1. The van der Waals surface area contributed by atoms with Gasteiger partial charge in [0.05, 0.1) is 19.8 Å². The van der Waals surface area contributed by atoms with Crippen molar-refractivity contribution in [2.45, 2.75) is 19.5 Å². The largest absolute Gasteiger partial charge is 0.418 e. The van der Waals surface area contributed by atoms with E-state index in [4.69, 9.17) is 9.16 Å². The fourth-order valence-corrected chi connectivity index (χ4v) is 1.18. The molecule has 0 radical (unpaired) electrons. The van der Waals surface area contributed by atoms with Crippen molar-refractivity contribution in [2.75, 3.05) is 19.8 Å². The Balaban J connectivity index is 2.85. The van der Waals surface area contributed by atoms with Crippen molar-refractivity contribution < 1.29 is 9.16 Å². The van der Waals surface area contributed by atoms with Gasteiger partial charge < -0.3 is 9.16 Å². The van der Waals surface area contributed by atoms with Crippen LogP contribution in [-0.2, 0) is 9.16 Å². The average Bonchev–Trinajstić information content (AvgIpc) is 1.96. The van der Waals surface area contributed by atoms with Crippen LogP contribution in [0.25, 0.3) is 0 Å². The molecule has 0 aromatic heterocycles. The summed E-state index contributed by atoms with van der Waals surface area (Å²) >= 11 is 0. The summed E-state index contributed by atoms with van der Waals surface area (Å²) in [5, 5.41) is 0. The molecular weight excluding hydrogens is 156 g/mol. The second-order valence-corrected chi connectivity index (χ2v) is 5.04. The van der Waals surface area contributed by atoms with Gasteiger partial charge in [-0.1, -0.05) is 6.08 Å². The number of ether oxygens (including phenoxy) is 1. The van der Waals surface area contributed by atoms with E-state index in [1.54, 1.807) is 0 Å². The second-order valence-electron chi connectivity index (χ2n) is 2.61. The second kappa shape index (κ2) is 7.98. The molecule has 0 atom stereocenters. The average molecular weight is 174 g/mol. The summed E-state index contributed by atoms with van der Waals surface area (Å²) in [7, 11) is -0.829. The molecule has 0 saturated heterocycles. The molecule has 0 aliphatic heterocycles. The van der Waals surface area contributed by atoms with Gasteiger partial charge in [-0.25, -0.2) is 0 Å². The van der Waals surface area contributed by atoms with E-state index in [0.717, 1.165) is 26.2 Å². The van der Waals surface area contributed by atoms with Crippen LogP contribution in [-0.4, -0.2) is 28.9 Å². The summed E-state index contributed by atoms with van der Waals surface area (Å²) in [6.45, 7) is 10.2. The van der Waals surface area contributed by atoms with E-state index in [1.807, 2.05) is 6.08 Å². The van der Waals surface area contributed by atoms with Gasteiger partial charge in [-0.3, -0.25) is 0 Å². The van der Waals surface area contributed by atoms with Crippen molar-refractivity contribution in [2.24, 2.45) is 0 Å². The topological polar surface area (TPSA) is 18.5 Å². The Labute approximate surface area is 70.9 Å². The van der Waals surface area contributed by atoms with Gasteiger partial charge in [0.2, 0.25) is 0 Å². The first-order valence-electron chi connectivity index (χ1n) is 4.07. The van der Waals surface area contributed by atoms with E-state index < -0.39 is 9.04 Å². The number of hydrogen-bond acceptors (Lipinski definition) is 2. The van der Waals surface area contributed by atoms with Crippen molar-refractivity contribution in [3.63, 3.8) is 0 Å². The van der Waals surface area contributed by atoms with Crippen molar-refractivity contribution in [3.05, 3.63) is 12.7 Å². The van der Waals surface area contributed by atoms with E-state index in [1.165, 1.54) is 0 Å². The predicted molar refractivity (Wildman–Crippen MR) is 50.5 cm³/mol. The van der Waals surface area contributed by atoms with Crippen LogP contribution in [0.4, 0.5) is 0 Å². The maximum Gasteiger partial charge on any atom is 0.171 e. The standard InChI is InChI=1S/C8H18O2Si/c1-4-5-6-9-7-8-10-11(2)3/h4,11H,1,5-8H2,2-3H3. The molecule has 0 heterocycles. The zero-order chi connectivity index (χ0) is 8.53. The third kappa shape index (κ3) is 9.88. The molecule has 0 rings (SSSR count). The minimum Gasteiger partial charge on any atom is -0.418 e. The molecule has 0 amide bonds. The van der Waals surface area contributed by atoms with Gasteiger partial charge in [-0.15, -0.1) is 6.58 Å². The molecule has 11 heavy (non-hydrogen) atoms. The Morgan fingerprint density at radius 3 is 2.55 bits per heavy atom. The number of rotatable bonds is 7. The molecule has 3 heteroatoms. The molecule has 0 unspecified atom stereocenters. The highest BCUT2D eigenvalue weighted by Gasteiger charge is 1.93. The molecule has 0 aliphatic rings. The van der Waals surface area contributed by atoms with E-state index in [-0.39, 0.29) is 0 Å². The third-order valence-corrected chi connectivity index (χ3v) is 2.05. The fourth-order valence-electron chi connectivity index (χ4n) is 0.611. The Kier molecular flexibility index (Phi) is 7.89. The lowest BCUT2D eigenvalue weighted by Crippen LogP contribution is -2.13. The summed E-state index contributed by atoms with van der Waals surface area (Å²) < 4.78 is 10.7.